The van der Waals surface area contributed by atoms with E-state index in [4.69, 9.17) is 5.11 Å². The number of aliphatic carboxylic acids is 1. The van der Waals surface area contributed by atoms with Gasteiger partial charge in [-0.1, -0.05) is 32.9 Å². The molecule has 2 N–H and O–H groups in total. The van der Waals surface area contributed by atoms with Gasteiger partial charge in [0.25, 0.3) is 0 Å². The molecule has 0 spiro atoms. The molecular weight excluding hydrogens is 192 g/mol. The van der Waals surface area contributed by atoms with Crippen LogP contribution in [0.25, 0.3) is 0 Å². The highest BCUT2D eigenvalue weighted by atomic mass is 16.4. The number of allylic oxidation sites excluding steroid dienone is 1. The van der Waals surface area contributed by atoms with E-state index in [1.807, 2.05) is 19.9 Å². The van der Waals surface area contributed by atoms with Crippen LogP contribution in [0.1, 0.15) is 33.6 Å². The zero-order valence-corrected chi connectivity index (χ0v) is 9.60. The molecule has 0 radical (unpaired) electrons. The largest absolute Gasteiger partial charge is 0.481 e. The Kier molecular flexibility index (Phi) is 3.55. The molecule has 0 amide bonds. The van der Waals surface area contributed by atoms with Gasteiger partial charge in [-0.25, -0.2) is 0 Å². The Morgan fingerprint density at radius 2 is 2.13 bits per heavy atom. The highest BCUT2D eigenvalue weighted by Gasteiger charge is 2.42. The second kappa shape index (κ2) is 4.35. The molecule has 0 aromatic carbocycles. The Hall–Kier alpha value is -0.830. The predicted octanol–water partition coefficient (Wildman–Crippen LogP) is 2.06. The summed E-state index contributed by atoms with van der Waals surface area (Å²) in [5, 5.41) is 19.5. The highest BCUT2D eigenvalue weighted by Crippen LogP contribution is 2.35. The zero-order chi connectivity index (χ0) is 11.6. The van der Waals surface area contributed by atoms with E-state index in [1.165, 1.54) is 0 Å². The SMILES string of the molecule is CC1C=CC(O)(C(C(=O)O)C(C)C)CC1. The van der Waals surface area contributed by atoms with E-state index >= 15 is 0 Å². The normalized spacial score (nSPS) is 33.0. The van der Waals surface area contributed by atoms with E-state index in [1.54, 1.807) is 6.08 Å². The number of hydrogen-bond donors (Lipinski definition) is 2. The van der Waals surface area contributed by atoms with Gasteiger partial charge in [0, 0.05) is 0 Å². The summed E-state index contributed by atoms with van der Waals surface area (Å²) in [7, 11) is 0. The van der Waals surface area contributed by atoms with Crippen molar-refractivity contribution < 1.29 is 15.0 Å². The van der Waals surface area contributed by atoms with Crippen molar-refractivity contribution in [3.05, 3.63) is 12.2 Å². The number of carboxylic acids is 1. The van der Waals surface area contributed by atoms with Crippen molar-refractivity contribution >= 4 is 5.97 Å². The predicted molar refractivity (Wildman–Crippen MR) is 58.5 cm³/mol. The second-order valence-corrected chi connectivity index (χ2v) is 4.93. The molecule has 0 aromatic rings. The number of hydrogen-bond acceptors (Lipinski definition) is 2. The number of carboxylic acid groups (broad SMARTS) is 1. The van der Waals surface area contributed by atoms with Crippen LogP contribution >= 0.6 is 0 Å². The standard InChI is InChI=1S/C12H20O3/c1-8(2)10(11(13)14)12(15)6-4-9(3)5-7-12/h4,6,8-10,15H,5,7H2,1-3H3,(H,13,14). The van der Waals surface area contributed by atoms with E-state index in [0.29, 0.717) is 12.3 Å². The average Bonchev–Trinajstić information content (AvgIpc) is 2.09. The summed E-state index contributed by atoms with van der Waals surface area (Å²) in [4.78, 5) is 11.1. The Balaban J connectivity index is 2.92. The summed E-state index contributed by atoms with van der Waals surface area (Å²) in [6, 6.07) is 0. The molecule has 0 bridgehead atoms. The smallest absolute Gasteiger partial charge is 0.310 e. The fourth-order valence-electron chi connectivity index (χ4n) is 2.30. The lowest BCUT2D eigenvalue weighted by atomic mass is 9.73. The minimum Gasteiger partial charge on any atom is -0.481 e. The molecule has 3 nitrogen and oxygen atoms in total. The first kappa shape index (κ1) is 12.2. The van der Waals surface area contributed by atoms with Crippen molar-refractivity contribution in [2.24, 2.45) is 17.8 Å². The Bertz CT molecular complexity index is 270. The van der Waals surface area contributed by atoms with Gasteiger partial charge in [-0.15, -0.1) is 0 Å². The molecule has 1 rings (SSSR count). The molecule has 0 saturated carbocycles. The molecule has 3 atom stereocenters. The van der Waals surface area contributed by atoms with Crippen LogP contribution in [0.3, 0.4) is 0 Å². The quantitative estimate of drug-likeness (QED) is 0.704. The van der Waals surface area contributed by atoms with Crippen LogP contribution in [-0.2, 0) is 4.79 Å². The second-order valence-electron chi connectivity index (χ2n) is 4.93. The van der Waals surface area contributed by atoms with E-state index in [2.05, 4.69) is 6.92 Å². The summed E-state index contributed by atoms with van der Waals surface area (Å²) in [6.07, 6.45) is 4.99. The van der Waals surface area contributed by atoms with Gasteiger partial charge in [-0.05, 0) is 24.7 Å². The summed E-state index contributed by atoms with van der Waals surface area (Å²) in [6.45, 7) is 5.74. The summed E-state index contributed by atoms with van der Waals surface area (Å²) < 4.78 is 0. The Morgan fingerprint density at radius 3 is 2.47 bits per heavy atom. The van der Waals surface area contributed by atoms with Gasteiger partial charge in [0.1, 0.15) is 0 Å². The Morgan fingerprint density at radius 1 is 1.53 bits per heavy atom. The lowest BCUT2D eigenvalue weighted by molar-refractivity contribution is -0.152. The van der Waals surface area contributed by atoms with E-state index < -0.39 is 17.5 Å². The zero-order valence-electron chi connectivity index (χ0n) is 9.60. The molecule has 1 aliphatic carbocycles. The summed E-state index contributed by atoms with van der Waals surface area (Å²) in [5.74, 6) is -1.25. The monoisotopic (exact) mass is 212 g/mol. The number of rotatable bonds is 3. The molecule has 3 heteroatoms. The molecule has 1 aliphatic rings. The molecule has 86 valence electrons. The maximum absolute atomic E-state index is 11.1. The van der Waals surface area contributed by atoms with Gasteiger partial charge < -0.3 is 10.2 Å². The van der Waals surface area contributed by atoms with Crippen molar-refractivity contribution in [2.45, 2.75) is 39.2 Å². The third kappa shape index (κ3) is 2.59. The van der Waals surface area contributed by atoms with Crippen molar-refractivity contribution in [3.8, 4) is 0 Å². The van der Waals surface area contributed by atoms with Gasteiger partial charge in [0.15, 0.2) is 0 Å². The van der Waals surface area contributed by atoms with Crippen molar-refractivity contribution in [1.29, 1.82) is 0 Å². The maximum atomic E-state index is 11.1. The van der Waals surface area contributed by atoms with E-state index in [-0.39, 0.29) is 5.92 Å². The minimum absolute atomic E-state index is 0.0643. The number of aliphatic hydroxyl groups is 1. The Labute approximate surface area is 90.8 Å². The average molecular weight is 212 g/mol. The molecule has 0 saturated heterocycles. The summed E-state index contributed by atoms with van der Waals surface area (Å²) in [5.41, 5.74) is -1.16. The van der Waals surface area contributed by atoms with Crippen LogP contribution < -0.4 is 0 Å². The maximum Gasteiger partial charge on any atom is 0.310 e. The van der Waals surface area contributed by atoms with Crippen molar-refractivity contribution in [3.63, 3.8) is 0 Å². The fourth-order valence-corrected chi connectivity index (χ4v) is 2.30. The molecule has 0 aliphatic heterocycles. The summed E-state index contributed by atoms with van der Waals surface area (Å²) >= 11 is 0. The molecule has 0 heterocycles. The lowest BCUT2D eigenvalue weighted by Gasteiger charge is -2.36. The molecule has 0 fully saturated rings. The van der Waals surface area contributed by atoms with Crippen molar-refractivity contribution in [1.82, 2.24) is 0 Å². The lowest BCUT2D eigenvalue weighted by Crippen LogP contribution is -2.45. The highest BCUT2D eigenvalue weighted by molar-refractivity contribution is 5.72. The first-order valence-electron chi connectivity index (χ1n) is 5.51. The number of carbonyl (C=O) groups is 1. The van der Waals surface area contributed by atoms with Crippen LogP contribution in [0.5, 0.6) is 0 Å². The molecule has 0 aromatic heterocycles. The molecule has 3 unspecified atom stereocenters. The first-order chi connectivity index (χ1) is 6.87. The minimum atomic E-state index is -1.16. The van der Waals surface area contributed by atoms with Gasteiger partial charge in [0.2, 0.25) is 0 Å². The van der Waals surface area contributed by atoms with Crippen LogP contribution in [-0.4, -0.2) is 21.8 Å². The fraction of sp³-hybridized carbons (Fsp3) is 0.750. The first-order valence-corrected chi connectivity index (χ1v) is 5.51. The van der Waals surface area contributed by atoms with Gasteiger partial charge in [-0.2, -0.15) is 0 Å². The third-order valence-electron chi connectivity index (χ3n) is 3.18. The van der Waals surface area contributed by atoms with E-state index in [9.17, 15) is 9.90 Å². The van der Waals surface area contributed by atoms with E-state index in [0.717, 1.165) is 6.42 Å². The van der Waals surface area contributed by atoms with Crippen LogP contribution in [0.15, 0.2) is 12.2 Å². The van der Waals surface area contributed by atoms with Crippen LogP contribution in [0.4, 0.5) is 0 Å². The van der Waals surface area contributed by atoms with Gasteiger partial charge >= 0.3 is 5.97 Å². The molecule has 15 heavy (non-hydrogen) atoms. The van der Waals surface area contributed by atoms with Crippen LogP contribution in [0, 0.1) is 17.8 Å². The van der Waals surface area contributed by atoms with Gasteiger partial charge in [-0.3, -0.25) is 4.79 Å². The van der Waals surface area contributed by atoms with Crippen molar-refractivity contribution in [2.75, 3.05) is 0 Å². The third-order valence-corrected chi connectivity index (χ3v) is 3.18. The van der Waals surface area contributed by atoms with Gasteiger partial charge in [0.05, 0.1) is 11.5 Å². The molecular formula is C12H20O3. The topological polar surface area (TPSA) is 57.5 Å². The van der Waals surface area contributed by atoms with Crippen LogP contribution in [0.2, 0.25) is 0 Å².